The molecule has 0 fully saturated rings. The lowest BCUT2D eigenvalue weighted by Crippen LogP contribution is -2.35. The first kappa shape index (κ1) is 15.3. The number of amides is 1. The van der Waals surface area contributed by atoms with Crippen molar-refractivity contribution in [3.63, 3.8) is 0 Å². The Morgan fingerprint density at radius 3 is 2.58 bits per heavy atom. The van der Waals surface area contributed by atoms with Crippen LogP contribution in [0.2, 0.25) is 0 Å². The van der Waals surface area contributed by atoms with Gasteiger partial charge in [-0.15, -0.1) is 0 Å². The van der Waals surface area contributed by atoms with E-state index in [1.807, 2.05) is 10.3 Å². The standard InChI is InChI=1S/C7H10N3O8P/c11-2-4(18-19(15,16)17)6(13)9-3-1-8-7(14)10-5(3)12/h1,4,11H,2H2,(H,9,13)(H2,15,16,17)(H2,8,10,12,14). The average molecular weight is 295 g/mol. The van der Waals surface area contributed by atoms with Crippen molar-refractivity contribution >= 4 is 19.4 Å². The van der Waals surface area contributed by atoms with Crippen LogP contribution in [0, 0.1) is 0 Å². The molecule has 0 radical (unpaired) electrons. The van der Waals surface area contributed by atoms with Crippen molar-refractivity contribution in [2.75, 3.05) is 11.9 Å². The second kappa shape index (κ2) is 5.91. The van der Waals surface area contributed by atoms with Gasteiger partial charge in [-0.1, -0.05) is 0 Å². The highest BCUT2D eigenvalue weighted by Crippen LogP contribution is 2.37. The van der Waals surface area contributed by atoms with E-state index in [4.69, 9.17) is 14.9 Å². The minimum absolute atomic E-state index is 0.377. The number of phosphoric ester groups is 1. The van der Waals surface area contributed by atoms with Crippen molar-refractivity contribution < 1.29 is 28.8 Å². The van der Waals surface area contributed by atoms with E-state index in [9.17, 15) is 18.9 Å². The van der Waals surface area contributed by atoms with E-state index < -0.39 is 37.7 Å². The Bertz CT molecular complexity index is 615. The second-order valence-corrected chi connectivity index (χ2v) is 4.43. The molecular weight excluding hydrogens is 285 g/mol. The highest BCUT2D eigenvalue weighted by Gasteiger charge is 2.28. The summed E-state index contributed by atoms with van der Waals surface area (Å²) in [6.07, 6.45) is -0.988. The molecule has 0 saturated carbocycles. The zero-order valence-corrected chi connectivity index (χ0v) is 10.1. The number of aliphatic hydroxyl groups excluding tert-OH is 1. The summed E-state index contributed by atoms with van der Waals surface area (Å²) in [5.41, 5.74) is -2.10. The molecule has 0 bridgehead atoms. The van der Waals surface area contributed by atoms with Crippen molar-refractivity contribution in [1.29, 1.82) is 0 Å². The Morgan fingerprint density at radius 1 is 1.47 bits per heavy atom. The second-order valence-electron chi connectivity index (χ2n) is 3.24. The van der Waals surface area contributed by atoms with Gasteiger partial charge in [0.2, 0.25) is 0 Å². The molecule has 1 atom stereocenters. The van der Waals surface area contributed by atoms with E-state index in [2.05, 4.69) is 9.51 Å². The maximum atomic E-state index is 11.5. The molecule has 0 aliphatic rings. The van der Waals surface area contributed by atoms with Crippen molar-refractivity contribution in [2.45, 2.75) is 6.10 Å². The van der Waals surface area contributed by atoms with Crippen LogP contribution in [0.15, 0.2) is 15.8 Å². The van der Waals surface area contributed by atoms with Crippen LogP contribution in [0.5, 0.6) is 0 Å². The molecule has 0 saturated heterocycles. The number of carbonyl (C=O) groups excluding carboxylic acids is 1. The molecule has 0 aliphatic heterocycles. The number of hydrogen-bond acceptors (Lipinski definition) is 6. The number of phosphoric acid groups is 1. The first-order valence-corrected chi connectivity index (χ1v) is 6.23. The molecule has 1 aromatic heterocycles. The number of anilines is 1. The fourth-order valence-corrected chi connectivity index (χ4v) is 1.54. The lowest BCUT2D eigenvalue weighted by Gasteiger charge is -2.14. The fourth-order valence-electron chi connectivity index (χ4n) is 1.05. The molecular formula is C7H10N3O8P. The van der Waals surface area contributed by atoms with E-state index in [1.165, 1.54) is 0 Å². The van der Waals surface area contributed by atoms with Crippen molar-refractivity contribution in [1.82, 2.24) is 9.97 Å². The van der Waals surface area contributed by atoms with Crippen LogP contribution in [0.25, 0.3) is 0 Å². The molecule has 0 aliphatic carbocycles. The van der Waals surface area contributed by atoms with Gasteiger partial charge in [-0.2, -0.15) is 0 Å². The summed E-state index contributed by atoms with van der Waals surface area (Å²) in [5.74, 6) is -1.16. The number of rotatable bonds is 5. The molecule has 106 valence electrons. The van der Waals surface area contributed by atoms with Gasteiger partial charge in [0.25, 0.3) is 11.5 Å². The van der Waals surface area contributed by atoms with Gasteiger partial charge in [0.05, 0.1) is 6.61 Å². The molecule has 11 nitrogen and oxygen atoms in total. The van der Waals surface area contributed by atoms with Crippen LogP contribution >= 0.6 is 7.82 Å². The number of nitrogens with one attached hydrogen (secondary N) is 3. The predicted molar refractivity (Wildman–Crippen MR) is 60.3 cm³/mol. The number of carbonyl (C=O) groups is 1. The van der Waals surface area contributed by atoms with Gasteiger partial charge < -0.3 is 25.2 Å². The topological polar surface area (TPSA) is 182 Å². The van der Waals surface area contributed by atoms with Gasteiger partial charge in [-0.3, -0.25) is 19.1 Å². The average Bonchev–Trinajstić information content (AvgIpc) is 2.28. The molecule has 1 amide bonds. The summed E-state index contributed by atoms with van der Waals surface area (Å²) in [5, 5.41) is 10.7. The Labute approximate surface area is 104 Å². The lowest BCUT2D eigenvalue weighted by molar-refractivity contribution is -0.125. The summed E-state index contributed by atoms with van der Waals surface area (Å²) >= 11 is 0. The molecule has 19 heavy (non-hydrogen) atoms. The lowest BCUT2D eigenvalue weighted by atomic mass is 10.3. The molecule has 6 N–H and O–H groups in total. The maximum absolute atomic E-state index is 11.5. The van der Waals surface area contributed by atoms with E-state index in [0.717, 1.165) is 6.20 Å². The summed E-state index contributed by atoms with van der Waals surface area (Å²) in [4.78, 5) is 54.3. The van der Waals surface area contributed by atoms with E-state index in [-0.39, 0.29) is 5.69 Å². The summed E-state index contributed by atoms with van der Waals surface area (Å²) < 4.78 is 14.5. The summed E-state index contributed by atoms with van der Waals surface area (Å²) in [6, 6.07) is 0. The minimum Gasteiger partial charge on any atom is -0.393 e. The SMILES string of the molecule is O=C(Nc1c[nH]c(=O)[nH]c1=O)C(CO)OP(=O)(O)O. The number of aromatic nitrogens is 2. The van der Waals surface area contributed by atoms with Gasteiger partial charge in [0, 0.05) is 6.20 Å². The first-order valence-electron chi connectivity index (χ1n) is 4.70. The zero-order chi connectivity index (χ0) is 14.6. The van der Waals surface area contributed by atoms with Crippen molar-refractivity contribution in [3.05, 3.63) is 27.0 Å². The number of aliphatic hydroxyl groups is 1. The minimum atomic E-state index is -4.98. The Balaban J connectivity index is 2.86. The van der Waals surface area contributed by atoms with E-state index >= 15 is 0 Å². The van der Waals surface area contributed by atoms with Crippen LogP contribution in [0.1, 0.15) is 0 Å². The molecule has 1 unspecified atom stereocenters. The van der Waals surface area contributed by atoms with Crippen LogP contribution in [0.4, 0.5) is 5.69 Å². The fraction of sp³-hybridized carbons (Fsp3) is 0.286. The van der Waals surface area contributed by atoms with Gasteiger partial charge in [-0.05, 0) is 0 Å². The monoisotopic (exact) mass is 295 g/mol. The van der Waals surface area contributed by atoms with Crippen molar-refractivity contribution in [2.24, 2.45) is 0 Å². The van der Waals surface area contributed by atoms with Crippen LogP contribution in [-0.4, -0.2) is 43.5 Å². The molecule has 0 spiro atoms. The number of hydrogen-bond donors (Lipinski definition) is 6. The van der Waals surface area contributed by atoms with Crippen molar-refractivity contribution in [3.8, 4) is 0 Å². The van der Waals surface area contributed by atoms with Gasteiger partial charge in [-0.25, -0.2) is 9.36 Å². The Morgan fingerprint density at radius 2 is 2.11 bits per heavy atom. The van der Waals surface area contributed by atoms with Gasteiger partial charge in [0.15, 0.2) is 6.10 Å². The molecule has 1 heterocycles. The normalized spacial score (nSPS) is 13.0. The molecule has 1 aromatic rings. The molecule has 1 rings (SSSR count). The zero-order valence-electron chi connectivity index (χ0n) is 9.19. The Hall–Kier alpha value is -1.78. The van der Waals surface area contributed by atoms with E-state index in [1.54, 1.807) is 0 Å². The van der Waals surface area contributed by atoms with Gasteiger partial charge >= 0.3 is 13.5 Å². The largest absolute Gasteiger partial charge is 0.470 e. The third-order valence-electron chi connectivity index (χ3n) is 1.80. The third-order valence-corrected chi connectivity index (χ3v) is 2.33. The summed E-state index contributed by atoms with van der Waals surface area (Å²) in [7, 11) is -4.98. The van der Waals surface area contributed by atoms with E-state index in [0.29, 0.717) is 0 Å². The summed E-state index contributed by atoms with van der Waals surface area (Å²) in [6.45, 7) is -1.02. The maximum Gasteiger partial charge on any atom is 0.470 e. The highest BCUT2D eigenvalue weighted by atomic mass is 31.2. The number of aromatic amines is 2. The van der Waals surface area contributed by atoms with Gasteiger partial charge in [0.1, 0.15) is 5.69 Å². The molecule has 0 aromatic carbocycles. The third kappa shape index (κ3) is 4.77. The highest BCUT2D eigenvalue weighted by molar-refractivity contribution is 7.46. The van der Waals surface area contributed by atoms with Crippen LogP contribution < -0.4 is 16.6 Å². The predicted octanol–water partition coefficient (Wildman–Crippen LogP) is -2.53. The quantitative estimate of drug-likeness (QED) is 0.321. The number of H-pyrrole nitrogens is 2. The molecule has 12 heteroatoms. The smallest absolute Gasteiger partial charge is 0.393 e. The van der Waals surface area contributed by atoms with Crippen LogP contribution in [-0.2, 0) is 13.9 Å². The van der Waals surface area contributed by atoms with Crippen LogP contribution in [0.3, 0.4) is 0 Å². The first-order chi connectivity index (χ1) is 8.73. The Kier molecular flexibility index (Phi) is 4.75.